The molecule has 31 heavy (non-hydrogen) atoms. The lowest BCUT2D eigenvalue weighted by Crippen LogP contribution is -2.39. The van der Waals surface area contributed by atoms with E-state index in [9.17, 15) is 14.7 Å². The van der Waals surface area contributed by atoms with Crippen LogP contribution >= 0.6 is 0 Å². The number of rotatable bonds is 6. The fourth-order valence-corrected chi connectivity index (χ4v) is 5.01. The number of hydrogen-bond donors (Lipinski definition) is 1. The number of aliphatic hydroxyl groups is 1. The van der Waals surface area contributed by atoms with Crippen molar-refractivity contribution in [1.29, 1.82) is 0 Å². The lowest BCUT2D eigenvalue weighted by Gasteiger charge is -2.27. The topological polar surface area (TPSA) is 60.9 Å². The second kappa shape index (κ2) is 11.7. The zero-order chi connectivity index (χ0) is 24.1. The fraction of sp³-hybridized carbons (Fsp3) is 0.923. The lowest BCUT2D eigenvalue weighted by atomic mass is 9.88. The van der Waals surface area contributed by atoms with E-state index in [1.54, 1.807) is 0 Å². The van der Waals surface area contributed by atoms with Crippen LogP contribution < -0.4 is 0 Å². The zero-order valence-electron chi connectivity index (χ0n) is 21.9. The molecule has 0 spiro atoms. The number of β-amino-alcohol motifs (C(OH)–C–C–N with tert-alkyl or cyclic N) is 1. The van der Waals surface area contributed by atoms with Crippen molar-refractivity contribution in [3.8, 4) is 0 Å². The molecular formula is C26H50N2O3. The third-order valence-corrected chi connectivity index (χ3v) is 6.26. The Hall–Kier alpha value is -1.10. The molecule has 0 bridgehead atoms. The van der Waals surface area contributed by atoms with Gasteiger partial charge in [0, 0.05) is 37.0 Å². The van der Waals surface area contributed by atoms with Gasteiger partial charge in [0.1, 0.15) is 0 Å². The highest BCUT2D eigenvalue weighted by atomic mass is 16.3. The highest BCUT2D eigenvalue weighted by Crippen LogP contribution is 2.37. The van der Waals surface area contributed by atoms with Gasteiger partial charge < -0.3 is 14.9 Å². The first-order valence-corrected chi connectivity index (χ1v) is 12.4. The van der Waals surface area contributed by atoms with Crippen LogP contribution in [0.2, 0.25) is 0 Å². The predicted molar refractivity (Wildman–Crippen MR) is 129 cm³/mol. The standard InChI is InChI=1S/C14H27NO.C12H23NO2/c1-10(2)7-12-8-14(5,6)9-15(12)13(16)11(3)4;1-8(2)5-10-6-11(14)7-13(10)12(15)9(3)4/h10-12H,7-9H2,1-6H3;8-11,14H,5-7H2,1-4H3. The molecule has 0 radical (unpaired) electrons. The summed E-state index contributed by atoms with van der Waals surface area (Å²) >= 11 is 0. The Morgan fingerprint density at radius 1 is 0.839 bits per heavy atom. The molecule has 2 fully saturated rings. The summed E-state index contributed by atoms with van der Waals surface area (Å²) in [5, 5.41) is 9.62. The van der Waals surface area contributed by atoms with Gasteiger partial charge in [0.05, 0.1) is 6.10 Å². The van der Waals surface area contributed by atoms with Crippen LogP contribution in [-0.4, -0.2) is 58.0 Å². The van der Waals surface area contributed by atoms with E-state index in [4.69, 9.17) is 0 Å². The molecular weight excluding hydrogens is 388 g/mol. The van der Waals surface area contributed by atoms with Gasteiger partial charge in [-0.3, -0.25) is 9.59 Å². The molecule has 2 amide bonds. The van der Waals surface area contributed by atoms with Crippen molar-refractivity contribution < 1.29 is 14.7 Å². The number of carbonyl (C=O) groups is 2. The molecule has 0 aromatic rings. The van der Waals surface area contributed by atoms with Gasteiger partial charge in [-0.1, -0.05) is 69.2 Å². The summed E-state index contributed by atoms with van der Waals surface area (Å²) in [7, 11) is 0. The molecule has 1 N–H and O–H groups in total. The van der Waals surface area contributed by atoms with E-state index in [0.29, 0.717) is 35.7 Å². The van der Waals surface area contributed by atoms with E-state index < -0.39 is 0 Å². The number of likely N-dealkylation sites (tertiary alicyclic amines) is 2. The molecule has 5 nitrogen and oxygen atoms in total. The van der Waals surface area contributed by atoms with Gasteiger partial charge in [-0.2, -0.15) is 0 Å². The van der Waals surface area contributed by atoms with Gasteiger partial charge in [0.25, 0.3) is 0 Å². The molecule has 2 heterocycles. The van der Waals surface area contributed by atoms with Crippen molar-refractivity contribution >= 4 is 11.8 Å². The molecule has 2 aliphatic heterocycles. The van der Waals surface area contributed by atoms with Gasteiger partial charge in [-0.15, -0.1) is 0 Å². The Morgan fingerprint density at radius 3 is 1.74 bits per heavy atom. The van der Waals surface area contributed by atoms with E-state index in [2.05, 4.69) is 46.4 Å². The van der Waals surface area contributed by atoms with Crippen LogP contribution in [0.15, 0.2) is 0 Å². The van der Waals surface area contributed by atoms with Crippen LogP contribution in [0.3, 0.4) is 0 Å². The number of aliphatic hydroxyl groups excluding tert-OH is 1. The van der Waals surface area contributed by atoms with Gasteiger partial charge in [-0.05, 0) is 42.9 Å². The Morgan fingerprint density at radius 2 is 1.29 bits per heavy atom. The van der Waals surface area contributed by atoms with E-state index in [1.807, 2.05) is 32.6 Å². The Bertz CT molecular complexity index is 583. The second-order valence-electron chi connectivity index (χ2n) is 12.1. The zero-order valence-corrected chi connectivity index (χ0v) is 21.9. The number of amides is 2. The SMILES string of the molecule is CC(C)CC1CC(C)(C)CN1C(=O)C(C)C.CC(C)CC1CC(O)CN1C(=O)C(C)C. The first-order valence-electron chi connectivity index (χ1n) is 12.4. The molecule has 5 heteroatoms. The quantitative estimate of drug-likeness (QED) is 0.637. The average Bonchev–Trinajstić information content (AvgIpc) is 3.11. The summed E-state index contributed by atoms with van der Waals surface area (Å²) in [5.41, 5.74) is 0.296. The summed E-state index contributed by atoms with van der Waals surface area (Å²) in [6, 6.07) is 0.708. The lowest BCUT2D eigenvalue weighted by molar-refractivity contribution is -0.136. The van der Waals surface area contributed by atoms with E-state index >= 15 is 0 Å². The molecule has 0 aromatic heterocycles. The fourth-order valence-electron chi connectivity index (χ4n) is 5.01. The maximum absolute atomic E-state index is 12.2. The van der Waals surface area contributed by atoms with Crippen molar-refractivity contribution in [3.63, 3.8) is 0 Å². The molecule has 3 atom stereocenters. The minimum absolute atomic E-state index is 0.0324. The molecule has 2 rings (SSSR count). The van der Waals surface area contributed by atoms with E-state index in [0.717, 1.165) is 32.2 Å². The van der Waals surface area contributed by atoms with Crippen molar-refractivity contribution in [3.05, 3.63) is 0 Å². The molecule has 2 saturated heterocycles. The summed E-state index contributed by atoms with van der Waals surface area (Å²) in [6.07, 6.45) is 3.72. The third kappa shape index (κ3) is 8.75. The van der Waals surface area contributed by atoms with Crippen molar-refractivity contribution in [2.24, 2.45) is 29.1 Å². The van der Waals surface area contributed by atoms with Crippen molar-refractivity contribution in [2.45, 2.75) is 113 Å². The minimum Gasteiger partial charge on any atom is -0.391 e. The van der Waals surface area contributed by atoms with Gasteiger partial charge in [-0.25, -0.2) is 0 Å². The van der Waals surface area contributed by atoms with E-state index in [1.165, 1.54) is 0 Å². The minimum atomic E-state index is -0.323. The van der Waals surface area contributed by atoms with Crippen LogP contribution in [0.25, 0.3) is 0 Å². The first-order chi connectivity index (χ1) is 14.1. The van der Waals surface area contributed by atoms with Crippen LogP contribution in [0.5, 0.6) is 0 Å². The summed E-state index contributed by atoms with van der Waals surface area (Å²) in [5.74, 6) is 1.91. The van der Waals surface area contributed by atoms with Crippen LogP contribution in [0, 0.1) is 29.1 Å². The van der Waals surface area contributed by atoms with Gasteiger partial charge in [0.2, 0.25) is 11.8 Å². The van der Waals surface area contributed by atoms with Crippen LogP contribution in [0.4, 0.5) is 0 Å². The van der Waals surface area contributed by atoms with Crippen LogP contribution in [-0.2, 0) is 9.59 Å². The van der Waals surface area contributed by atoms with Gasteiger partial charge in [0.15, 0.2) is 0 Å². The molecule has 2 aliphatic rings. The largest absolute Gasteiger partial charge is 0.391 e. The van der Waals surface area contributed by atoms with E-state index in [-0.39, 0.29) is 29.9 Å². The Kier molecular flexibility index (Phi) is 10.5. The number of nitrogens with zero attached hydrogens (tertiary/aromatic N) is 2. The van der Waals surface area contributed by atoms with Crippen molar-refractivity contribution in [1.82, 2.24) is 9.80 Å². The number of carbonyl (C=O) groups excluding carboxylic acids is 2. The van der Waals surface area contributed by atoms with Crippen molar-refractivity contribution in [2.75, 3.05) is 13.1 Å². The monoisotopic (exact) mass is 438 g/mol. The molecule has 182 valence electrons. The maximum Gasteiger partial charge on any atom is 0.225 e. The highest BCUT2D eigenvalue weighted by molar-refractivity contribution is 5.79. The molecule has 3 unspecified atom stereocenters. The Balaban J connectivity index is 0.000000311. The number of hydrogen-bond acceptors (Lipinski definition) is 3. The average molecular weight is 439 g/mol. The molecule has 0 saturated carbocycles. The van der Waals surface area contributed by atoms with Crippen LogP contribution in [0.1, 0.15) is 94.9 Å². The summed E-state index contributed by atoms with van der Waals surface area (Å²) in [4.78, 5) is 28.0. The first kappa shape index (κ1) is 27.9. The van der Waals surface area contributed by atoms with Gasteiger partial charge >= 0.3 is 0 Å². The second-order valence-corrected chi connectivity index (χ2v) is 12.1. The predicted octanol–water partition coefficient (Wildman–Crippen LogP) is 4.97. The smallest absolute Gasteiger partial charge is 0.225 e. The summed E-state index contributed by atoms with van der Waals surface area (Å²) in [6.45, 7) is 22.6. The Labute approximate surface area is 191 Å². The summed E-state index contributed by atoms with van der Waals surface area (Å²) < 4.78 is 0. The molecule has 0 aliphatic carbocycles. The maximum atomic E-state index is 12.2. The highest BCUT2D eigenvalue weighted by Gasteiger charge is 2.40. The molecule has 0 aromatic carbocycles. The third-order valence-electron chi connectivity index (χ3n) is 6.26. The normalized spacial score (nSPS) is 25.6.